The number of carbonyl (C=O) groups is 1. The fraction of sp³-hybridized carbons (Fsp3) is 0.643. The van der Waals surface area contributed by atoms with E-state index >= 15 is 0 Å². The van der Waals surface area contributed by atoms with Crippen LogP contribution in [0.25, 0.3) is 0 Å². The number of hydrogen-bond donors (Lipinski definition) is 2. The number of amides is 1. The molecular formula is C14H23N3O2. The summed E-state index contributed by atoms with van der Waals surface area (Å²) >= 11 is 0. The van der Waals surface area contributed by atoms with E-state index in [0.29, 0.717) is 19.1 Å². The third kappa shape index (κ3) is 3.16. The van der Waals surface area contributed by atoms with E-state index in [1.165, 1.54) is 0 Å². The van der Waals surface area contributed by atoms with Crippen molar-refractivity contribution in [2.75, 3.05) is 32.8 Å². The summed E-state index contributed by atoms with van der Waals surface area (Å²) in [5.41, 5.74) is 0.738. The van der Waals surface area contributed by atoms with Gasteiger partial charge in [-0.3, -0.25) is 4.79 Å². The molecule has 1 aromatic heterocycles. The zero-order chi connectivity index (χ0) is 13.7. The van der Waals surface area contributed by atoms with Crippen LogP contribution in [0.4, 0.5) is 0 Å². The maximum atomic E-state index is 12.5. The fourth-order valence-electron chi connectivity index (χ4n) is 2.66. The number of nitrogens with zero attached hydrogens (tertiary/aromatic N) is 2. The highest BCUT2D eigenvalue weighted by molar-refractivity contribution is 5.92. The van der Waals surface area contributed by atoms with Crippen LogP contribution in [0.5, 0.6) is 0 Å². The Kier molecular flexibility index (Phi) is 4.99. The Morgan fingerprint density at radius 1 is 1.53 bits per heavy atom. The molecule has 1 amide bonds. The van der Waals surface area contributed by atoms with Crippen LogP contribution in [0.15, 0.2) is 18.3 Å². The van der Waals surface area contributed by atoms with Crippen molar-refractivity contribution in [2.24, 2.45) is 0 Å². The second-order valence-electron chi connectivity index (χ2n) is 4.89. The first-order valence-electron chi connectivity index (χ1n) is 7.05. The highest BCUT2D eigenvalue weighted by atomic mass is 16.3. The van der Waals surface area contributed by atoms with Crippen molar-refractivity contribution in [3.05, 3.63) is 24.0 Å². The standard InChI is InChI=1S/C14H23N3O2/c1-2-16(10-11-18)14(19)13-4-3-9-17(13)12-5-7-15-8-6-12/h3-4,9,12,15,18H,2,5-8,10-11H2,1H3. The topological polar surface area (TPSA) is 57.5 Å². The summed E-state index contributed by atoms with van der Waals surface area (Å²) < 4.78 is 2.10. The molecule has 2 N–H and O–H groups in total. The van der Waals surface area contributed by atoms with Gasteiger partial charge in [0.05, 0.1) is 6.61 Å². The second-order valence-corrected chi connectivity index (χ2v) is 4.89. The smallest absolute Gasteiger partial charge is 0.270 e. The number of nitrogens with one attached hydrogen (secondary N) is 1. The molecule has 1 aliphatic rings. The van der Waals surface area contributed by atoms with Gasteiger partial charge in [0.25, 0.3) is 5.91 Å². The van der Waals surface area contributed by atoms with Crippen LogP contribution >= 0.6 is 0 Å². The monoisotopic (exact) mass is 265 g/mol. The second kappa shape index (κ2) is 6.73. The molecule has 0 spiro atoms. The first-order chi connectivity index (χ1) is 9.27. The zero-order valence-corrected chi connectivity index (χ0v) is 11.5. The molecule has 1 saturated heterocycles. The molecule has 5 heteroatoms. The Bertz CT molecular complexity index is 411. The highest BCUT2D eigenvalue weighted by Gasteiger charge is 2.22. The number of aliphatic hydroxyl groups is 1. The molecule has 5 nitrogen and oxygen atoms in total. The van der Waals surface area contributed by atoms with E-state index < -0.39 is 0 Å². The van der Waals surface area contributed by atoms with Gasteiger partial charge in [-0.2, -0.15) is 0 Å². The molecule has 0 bridgehead atoms. The van der Waals surface area contributed by atoms with Crippen molar-refractivity contribution in [1.82, 2.24) is 14.8 Å². The fourth-order valence-corrected chi connectivity index (χ4v) is 2.66. The van der Waals surface area contributed by atoms with Crippen LogP contribution in [0, 0.1) is 0 Å². The number of hydrogen-bond acceptors (Lipinski definition) is 3. The summed E-state index contributed by atoms with van der Waals surface area (Å²) in [7, 11) is 0. The number of carbonyl (C=O) groups excluding carboxylic acids is 1. The maximum Gasteiger partial charge on any atom is 0.270 e. The minimum Gasteiger partial charge on any atom is -0.395 e. The first-order valence-corrected chi connectivity index (χ1v) is 7.05. The Labute approximate surface area is 114 Å². The van der Waals surface area contributed by atoms with Crippen LogP contribution in [0.3, 0.4) is 0 Å². The third-order valence-corrected chi connectivity index (χ3v) is 3.74. The Morgan fingerprint density at radius 3 is 2.89 bits per heavy atom. The summed E-state index contributed by atoms with van der Waals surface area (Å²) in [5, 5.41) is 12.4. The van der Waals surface area contributed by atoms with E-state index in [1.807, 2.05) is 25.3 Å². The lowest BCUT2D eigenvalue weighted by molar-refractivity contribution is 0.0717. The van der Waals surface area contributed by atoms with Gasteiger partial charge in [0.15, 0.2) is 0 Å². The quantitative estimate of drug-likeness (QED) is 0.830. The van der Waals surface area contributed by atoms with Gasteiger partial charge in [0.1, 0.15) is 5.69 Å². The van der Waals surface area contributed by atoms with Crippen molar-refractivity contribution in [2.45, 2.75) is 25.8 Å². The average molecular weight is 265 g/mol. The maximum absolute atomic E-state index is 12.5. The molecule has 0 atom stereocenters. The predicted molar refractivity (Wildman–Crippen MR) is 74.2 cm³/mol. The van der Waals surface area contributed by atoms with E-state index in [1.54, 1.807) is 4.90 Å². The lowest BCUT2D eigenvalue weighted by Crippen LogP contribution is -2.36. The van der Waals surface area contributed by atoms with Crippen LogP contribution in [-0.4, -0.2) is 53.3 Å². The molecule has 0 saturated carbocycles. The van der Waals surface area contributed by atoms with Gasteiger partial charge in [0, 0.05) is 25.3 Å². The molecule has 1 aromatic rings. The van der Waals surface area contributed by atoms with Crippen molar-refractivity contribution in [3.8, 4) is 0 Å². The normalized spacial score (nSPS) is 16.5. The molecule has 1 aliphatic heterocycles. The van der Waals surface area contributed by atoms with Crippen molar-refractivity contribution < 1.29 is 9.90 Å². The van der Waals surface area contributed by atoms with Gasteiger partial charge in [-0.15, -0.1) is 0 Å². The minimum atomic E-state index is 0.00758. The van der Waals surface area contributed by atoms with E-state index in [0.717, 1.165) is 31.6 Å². The van der Waals surface area contributed by atoms with E-state index in [2.05, 4.69) is 9.88 Å². The predicted octanol–water partition coefficient (Wildman–Crippen LogP) is 0.867. The molecule has 0 unspecified atom stereocenters. The molecule has 1 fully saturated rings. The van der Waals surface area contributed by atoms with Crippen molar-refractivity contribution >= 4 is 5.91 Å². The highest BCUT2D eigenvalue weighted by Crippen LogP contribution is 2.22. The molecule has 2 rings (SSSR count). The third-order valence-electron chi connectivity index (χ3n) is 3.74. The Morgan fingerprint density at radius 2 is 2.26 bits per heavy atom. The van der Waals surface area contributed by atoms with Crippen LogP contribution < -0.4 is 5.32 Å². The average Bonchev–Trinajstić information content (AvgIpc) is 2.94. The summed E-state index contributed by atoms with van der Waals surface area (Å²) in [6.45, 7) is 4.97. The molecule has 19 heavy (non-hydrogen) atoms. The number of aliphatic hydroxyl groups excluding tert-OH is 1. The lowest BCUT2D eigenvalue weighted by atomic mass is 10.1. The van der Waals surface area contributed by atoms with Crippen molar-refractivity contribution in [3.63, 3.8) is 0 Å². The Hall–Kier alpha value is -1.33. The van der Waals surface area contributed by atoms with Gasteiger partial charge in [-0.25, -0.2) is 0 Å². The molecule has 0 aromatic carbocycles. The molecule has 0 radical (unpaired) electrons. The summed E-state index contributed by atoms with van der Waals surface area (Å²) in [6, 6.07) is 4.22. The molecule has 106 valence electrons. The van der Waals surface area contributed by atoms with Crippen LogP contribution in [0.2, 0.25) is 0 Å². The molecule has 0 aliphatic carbocycles. The number of rotatable bonds is 5. The van der Waals surface area contributed by atoms with E-state index in [-0.39, 0.29) is 12.5 Å². The molecular weight excluding hydrogens is 242 g/mol. The van der Waals surface area contributed by atoms with E-state index in [4.69, 9.17) is 5.11 Å². The largest absolute Gasteiger partial charge is 0.395 e. The Balaban J connectivity index is 2.15. The number of piperidine rings is 1. The van der Waals surface area contributed by atoms with Gasteiger partial charge < -0.3 is 19.9 Å². The SMILES string of the molecule is CCN(CCO)C(=O)c1cccn1C1CCNCC1. The lowest BCUT2D eigenvalue weighted by Gasteiger charge is -2.27. The van der Waals surface area contributed by atoms with Crippen molar-refractivity contribution in [1.29, 1.82) is 0 Å². The van der Waals surface area contributed by atoms with Gasteiger partial charge in [0.2, 0.25) is 0 Å². The van der Waals surface area contributed by atoms with Gasteiger partial charge >= 0.3 is 0 Å². The van der Waals surface area contributed by atoms with Crippen LogP contribution in [0.1, 0.15) is 36.3 Å². The van der Waals surface area contributed by atoms with Gasteiger partial charge in [-0.05, 0) is 45.0 Å². The zero-order valence-electron chi connectivity index (χ0n) is 11.5. The molecule has 2 heterocycles. The van der Waals surface area contributed by atoms with Crippen LogP contribution in [-0.2, 0) is 0 Å². The van der Waals surface area contributed by atoms with Gasteiger partial charge in [-0.1, -0.05) is 0 Å². The van der Waals surface area contributed by atoms with E-state index in [9.17, 15) is 4.79 Å². The number of aromatic nitrogens is 1. The number of likely N-dealkylation sites (N-methyl/N-ethyl adjacent to an activating group) is 1. The first kappa shape index (κ1) is 14.1. The minimum absolute atomic E-state index is 0.00758. The summed E-state index contributed by atoms with van der Waals surface area (Å²) in [6.07, 6.45) is 4.11. The summed E-state index contributed by atoms with van der Waals surface area (Å²) in [4.78, 5) is 14.2. The summed E-state index contributed by atoms with van der Waals surface area (Å²) in [5.74, 6) is 0.0140.